The molecule has 0 aliphatic carbocycles. The fraction of sp³-hybridized carbons (Fsp3) is 0.579. The van der Waals surface area contributed by atoms with Crippen molar-refractivity contribution in [2.75, 3.05) is 20.1 Å². The molecule has 0 aromatic heterocycles. The summed E-state index contributed by atoms with van der Waals surface area (Å²) >= 11 is 0. The van der Waals surface area contributed by atoms with Crippen LogP contribution in [-0.2, 0) is 11.0 Å². The first-order chi connectivity index (χ1) is 13.6. The Balaban J connectivity index is 2.08. The molecule has 1 fully saturated rings. The van der Waals surface area contributed by atoms with Crippen molar-refractivity contribution in [2.24, 2.45) is 5.92 Å². The molecule has 0 radical (unpaired) electrons. The second-order valence-electron chi connectivity index (χ2n) is 7.65. The molecular formula is C19H22F6N2O3. The molecule has 1 heterocycles. The van der Waals surface area contributed by atoms with E-state index < -0.39 is 47.3 Å². The lowest BCUT2D eigenvalue weighted by Crippen LogP contribution is -2.60. The summed E-state index contributed by atoms with van der Waals surface area (Å²) in [6.07, 6.45) is -9.50. The first kappa shape index (κ1) is 24.0. The third-order valence-corrected chi connectivity index (χ3v) is 5.39. The molecule has 5 nitrogen and oxygen atoms in total. The van der Waals surface area contributed by atoms with E-state index in [0.29, 0.717) is 6.92 Å². The van der Waals surface area contributed by atoms with Gasteiger partial charge in [0, 0.05) is 31.7 Å². The summed E-state index contributed by atoms with van der Waals surface area (Å²) in [4.78, 5) is 27.0. The van der Waals surface area contributed by atoms with Gasteiger partial charge in [0.2, 0.25) is 5.60 Å². The molecule has 2 rings (SSSR count). The van der Waals surface area contributed by atoms with Crippen molar-refractivity contribution in [2.45, 2.75) is 44.3 Å². The van der Waals surface area contributed by atoms with Crippen LogP contribution in [0.15, 0.2) is 24.3 Å². The van der Waals surface area contributed by atoms with Crippen LogP contribution in [0.25, 0.3) is 0 Å². The number of amides is 2. The number of alkyl halides is 6. The molecule has 1 aliphatic rings. The quantitative estimate of drug-likeness (QED) is 0.734. The summed E-state index contributed by atoms with van der Waals surface area (Å²) < 4.78 is 76.7. The third-order valence-electron chi connectivity index (χ3n) is 5.39. The number of aliphatic hydroxyl groups is 1. The summed E-state index contributed by atoms with van der Waals surface area (Å²) in [5.74, 6) is -2.42. The Morgan fingerprint density at radius 3 is 2.07 bits per heavy atom. The summed E-state index contributed by atoms with van der Waals surface area (Å²) in [5, 5.41) is 9.59. The lowest BCUT2D eigenvalue weighted by molar-refractivity contribution is -0.251. The Morgan fingerprint density at radius 2 is 1.63 bits per heavy atom. The maximum atomic E-state index is 12.9. The van der Waals surface area contributed by atoms with Crippen molar-refractivity contribution in [3.63, 3.8) is 0 Å². The Hall–Kier alpha value is -2.30. The number of carbonyl (C=O) groups excluding carboxylic acids is 2. The predicted octanol–water partition coefficient (Wildman–Crippen LogP) is 3.33. The molecule has 2 amide bonds. The van der Waals surface area contributed by atoms with Crippen molar-refractivity contribution in [1.82, 2.24) is 9.80 Å². The van der Waals surface area contributed by atoms with Gasteiger partial charge >= 0.3 is 12.4 Å². The molecule has 0 saturated carbocycles. The summed E-state index contributed by atoms with van der Waals surface area (Å²) in [6, 6.07) is 3.27. The Bertz CT molecular complexity index is 789. The minimum atomic E-state index is -5.13. The average Bonchev–Trinajstić information content (AvgIpc) is 2.64. The lowest BCUT2D eigenvalue weighted by atomic mass is 9.90. The topological polar surface area (TPSA) is 60.9 Å². The fourth-order valence-electron chi connectivity index (χ4n) is 3.48. The first-order valence-electron chi connectivity index (χ1n) is 9.10. The van der Waals surface area contributed by atoms with Crippen LogP contribution in [0.5, 0.6) is 0 Å². The number of hydrogen-bond donors (Lipinski definition) is 1. The molecule has 1 aromatic carbocycles. The largest absolute Gasteiger partial charge is 0.426 e. The molecule has 1 unspecified atom stereocenters. The van der Waals surface area contributed by atoms with E-state index in [2.05, 4.69) is 0 Å². The van der Waals surface area contributed by atoms with Crippen molar-refractivity contribution in [3.8, 4) is 0 Å². The zero-order chi connectivity index (χ0) is 23.1. The van der Waals surface area contributed by atoms with Gasteiger partial charge in [-0.1, -0.05) is 6.92 Å². The molecule has 168 valence electrons. The van der Waals surface area contributed by atoms with E-state index >= 15 is 0 Å². The first-order valence-corrected chi connectivity index (χ1v) is 9.10. The highest BCUT2D eigenvalue weighted by Crippen LogP contribution is 2.34. The molecule has 1 saturated heterocycles. The highest BCUT2D eigenvalue weighted by atomic mass is 19.4. The summed E-state index contributed by atoms with van der Waals surface area (Å²) in [7, 11) is 1.45. The zero-order valence-corrected chi connectivity index (χ0v) is 16.5. The highest BCUT2D eigenvalue weighted by Gasteiger charge is 2.57. The zero-order valence-electron chi connectivity index (χ0n) is 16.5. The van der Waals surface area contributed by atoms with E-state index in [1.54, 1.807) is 6.92 Å². The third kappa shape index (κ3) is 4.71. The normalized spacial score (nSPS) is 22.4. The Kier molecular flexibility index (Phi) is 6.46. The Labute approximate surface area is 169 Å². The minimum absolute atomic E-state index is 0.0382. The standard InChI is InChI=1S/C19H22F6N2O3/c1-11-10-27(16(29)17(2,30)19(23,24)25)9-8-14(11)26(3)15(28)12-4-6-13(7-5-12)18(20,21)22/h4-7,11,14,30H,8-10H2,1-3H3/t11-,14+,17?/m0/s1. The van der Waals surface area contributed by atoms with Gasteiger partial charge in [-0.2, -0.15) is 26.3 Å². The average molecular weight is 440 g/mol. The number of piperidine rings is 1. The lowest BCUT2D eigenvalue weighted by Gasteiger charge is -2.43. The van der Waals surface area contributed by atoms with E-state index in [1.165, 1.54) is 11.9 Å². The fourth-order valence-corrected chi connectivity index (χ4v) is 3.48. The van der Waals surface area contributed by atoms with Gasteiger partial charge in [-0.15, -0.1) is 0 Å². The van der Waals surface area contributed by atoms with E-state index in [0.717, 1.165) is 29.2 Å². The smallest absolute Gasteiger partial charge is 0.373 e. The van der Waals surface area contributed by atoms with Crippen molar-refractivity contribution < 1.29 is 41.0 Å². The second-order valence-corrected chi connectivity index (χ2v) is 7.65. The van der Waals surface area contributed by atoms with Crippen LogP contribution in [0.4, 0.5) is 26.3 Å². The molecule has 1 aromatic rings. The number of rotatable bonds is 3. The van der Waals surface area contributed by atoms with Crippen molar-refractivity contribution >= 4 is 11.8 Å². The summed E-state index contributed by atoms with van der Waals surface area (Å²) in [5.41, 5.74) is -4.36. The van der Waals surface area contributed by atoms with E-state index in [9.17, 15) is 41.0 Å². The van der Waals surface area contributed by atoms with Gasteiger partial charge < -0.3 is 14.9 Å². The molecule has 3 atom stereocenters. The van der Waals surface area contributed by atoms with Crippen molar-refractivity contribution in [1.29, 1.82) is 0 Å². The van der Waals surface area contributed by atoms with Crippen LogP contribution >= 0.6 is 0 Å². The van der Waals surface area contributed by atoms with Crippen LogP contribution in [0.1, 0.15) is 36.2 Å². The molecule has 0 bridgehead atoms. The number of carbonyl (C=O) groups is 2. The number of benzene rings is 1. The van der Waals surface area contributed by atoms with Gasteiger partial charge in [0.15, 0.2) is 0 Å². The molecule has 1 aliphatic heterocycles. The van der Waals surface area contributed by atoms with Crippen LogP contribution in [0.2, 0.25) is 0 Å². The summed E-state index contributed by atoms with van der Waals surface area (Å²) in [6.45, 7) is 1.82. The van der Waals surface area contributed by atoms with Gasteiger partial charge in [-0.25, -0.2) is 0 Å². The van der Waals surface area contributed by atoms with Crippen molar-refractivity contribution in [3.05, 3.63) is 35.4 Å². The minimum Gasteiger partial charge on any atom is -0.373 e. The maximum Gasteiger partial charge on any atom is 0.426 e. The molecular weight excluding hydrogens is 418 g/mol. The number of halogens is 6. The van der Waals surface area contributed by atoms with Gasteiger partial charge in [-0.3, -0.25) is 9.59 Å². The van der Waals surface area contributed by atoms with E-state index in [4.69, 9.17) is 0 Å². The van der Waals surface area contributed by atoms with E-state index in [-0.39, 0.29) is 25.1 Å². The SMILES string of the molecule is C[C@H]1CN(C(=O)C(C)(O)C(F)(F)F)CC[C@H]1N(C)C(=O)c1ccc(C(F)(F)F)cc1. The number of likely N-dealkylation sites (tertiary alicyclic amines) is 1. The second kappa shape index (κ2) is 8.09. The van der Waals surface area contributed by atoms with Gasteiger partial charge in [0.1, 0.15) is 0 Å². The highest BCUT2D eigenvalue weighted by molar-refractivity contribution is 5.94. The van der Waals surface area contributed by atoms with Crippen LogP contribution in [-0.4, -0.2) is 64.7 Å². The van der Waals surface area contributed by atoms with Crippen LogP contribution < -0.4 is 0 Å². The monoisotopic (exact) mass is 440 g/mol. The van der Waals surface area contributed by atoms with Crippen LogP contribution in [0, 0.1) is 5.92 Å². The maximum absolute atomic E-state index is 12.9. The van der Waals surface area contributed by atoms with Gasteiger partial charge in [0.05, 0.1) is 5.56 Å². The molecule has 11 heteroatoms. The predicted molar refractivity (Wildman–Crippen MR) is 94.4 cm³/mol. The molecule has 0 spiro atoms. The Morgan fingerprint density at radius 1 is 1.10 bits per heavy atom. The van der Waals surface area contributed by atoms with Crippen LogP contribution in [0.3, 0.4) is 0 Å². The molecule has 1 N–H and O–H groups in total. The number of nitrogens with zero attached hydrogens (tertiary/aromatic N) is 2. The van der Waals surface area contributed by atoms with Gasteiger partial charge in [-0.05, 0) is 43.5 Å². The van der Waals surface area contributed by atoms with Gasteiger partial charge in [0.25, 0.3) is 11.8 Å². The molecule has 30 heavy (non-hydrogen) atoms. The number of hydrogen-bond acceptors (Lipinski definition) is 3. The van der Waals surface area contributed by atoms with E-state index in [1.807, 2.05) is 0 Å².